The molecule has 1 aliphatic heterocycles. The van der Waals surface area contributed by atoms with E-state index in [-0.39, 0.29) is 16.2 Å². The predicted molar refractivity (Wildman–Crippen MR) is 135 cm³/mol. The number of nitrogens with zero attached hydrogens (tertiary/aromatic N) is 2. The van der Waals surface area contributed by atoms with Crippen LogP contribution in [0.1, 0.15) is 67.3 Å². The van der Waals surface area contributed by atoms with Gasteiger partial charge in [0.25, 0.3) is 11.8 Å². The molecule has 0 saturated carbocycles. The second-order valence-electron chi connectivity index (χ2n) is 10.5. The molecule has 0 saturated heterocycles. The van der Waals surface area contributed by atoms with E-state index >= 15 is 0 Å². The molecule has 3 aromatic rings. The summed E-state index contributed by atoms with van der Waals surface area (Å²) in [4.78, 5) is 67.1. The molecule has 38 heavy (non-hydrogen) atoms. The highest BCUT2D eigenvalue weighted by atomic mass is 16.7. The van der Waals surface area contributed by atoms with E-state index in [0.717, 1.165) is 10.9 Å². The first-order chi connectivity index (χ1) is 17.8. The highest BCUT2D eigenvalue weighted by Crippen LogP contribution is 2.27. The molecule has 2 heterocycles. The number of benzene rings is 2. The van der Waals surface area contributed by atoms with Crippen LogP contribution in [0.4, 0.5) is 4.79 Å². The fraction of sp³-hybridized carbons (Fsp3) is 0.321. The number of hydroxylamine groups is 2. The lowest BCUT2D eigenvalue weighted by atomic mass is 9.98. The minimum absolute atomic E-state index is 0.0737. The predicted octanol–water partition coefficient (Wildman–Crippen LogP) is 4.43. The maximum Gasteiger partial charge on any atom is 0.442 e. The summed E-state index contributed by atoms with van der Waals surface area (Å²) in [5, 5.41) is 1.10. The first-order valence-electron chi connectivity index (χ1n) is 12.0. The smallest absolute Gasteiger partial charge is 0.442 e. The van der Waals surface area contributed by atoms with Crippen LogP contribution in [0.3, 0.4) is 0 Å². The summed E-state index contributed by atoms with van der Waals surface area (Å²) in [6.07, 6.45) is 1.88. The number of para-hydroxylation sites is 1. The van der Waals surface area contributed by atoms with E-state index in [4.69, 9.17) is 14.3 Å². The normalized spacial score (nSPS) is 13.4. The van der Waals surface area contributed by atoms with Crippen LogP contribution in [0.25, 0.3) is 10.9 Å². The third-order valence-electron chi connectivity index (χ3n) is 5.85. The zero-order valence-corrected chi connectivity index (χ0v) is 21.8. The molecule has 0 N–H and O–H groups in total. The molecule has 198 valence electrons. The molecule has 2 amide bonds. The van der Waals surface area contributed by atoms with Crippen LogP contribution in [0, 0.1) is 0 Å². The van der Waals surface area contributed by atoms with Gasteiger partial charge >= 0.3 is 18.0 Å². The van der Waals surface area contributed by atoms with Gasteiger partial charge in [0.15, 0.2) is 0 Å². The van der Waals surface area contributed by atoms with E-state index in [0.29, 0.717) is 18.4 Å². The molecular weight excluding hydrogens is 492 g/mol. The van der Waals surface area contributed by atoms with Gasteiger partial charge in [-0.15, -0.1) is 0 Å². The van der Waals surface area contributed by atoms with E-state index in [2.05, 4.69) is 0 Å². The molecule has 0 atom stereocenters. The molecule has 0 fully saturated rings. The molecule has 1 aliphatic rings. The summed E-state index contributed by atoms with van der Waals surface area (Å²) in [7, 11) is 0. The van der Waals surface area contributed by atoms with Gasteiger partial charge in [0, 0.05) is 11.6 Å². The zero-order valence-electron chi connectivity index (χ0n) is 21.8. The van der Waals surface area contributed by atoms with Gasteiger partial charge in [-0.1, -0.05) is 35.4 Å². The molecule has 0 spiro atoms. The van der Waals surface area contributed by atoms with Crippen molar-refractivity contribution in [1.82, 2.24) is 9.63 Å². The first-order valence-corrected chi connectivity index (χ1v) is 12.0. The summed E-state index contributed by atoms with van der Waals surface area (Å²) >= 11 is 0. The van der Waals surface area contributed by atoms with Crippen molar-refractivity contribution in [2.75, 3.05) is 0 Å². The van der Waals surface area contributed by atoms with E-state index < -0.39 is 41.0 Å². The van der Waals surface area contributed by atoms with Crippen LogP contribution in [-0.4, -0.2) is 50.7 Å². The number of hydrogen-bond acceptors (Lipinski definition) is 8. The minimum Gasteiger partial charge on any atom is -0.451 e. The molecule has 0 aliphatic carbocycles. The minimum atomic E-state index is -1.49. The number of imide groups is 1. The maximum absolute atomic E-state index is 12.7. The number of carbonyl (C=O) groups is 5. The summed E-state index contributed by atoms with van der Waals surface area (Å²) in [5.41, 5.74) is -0.136. The zero-order chi connectivity index (χ0) is 27.8. The van der Waals surface area contributed by atoms with Crippen molar-refractivity contribution >= 4 is 40.7 Å². The Morgan fingerprint density at radius 3 is 1.97 bits per heavy atom. The van der Waals surface area contributed by atoms with Crippen molar-refractivity contribution in [3.05, 3.63) is 71.4 Å². The third-order valence-corrected chi connectivity index (χ3v) is 5.85. The van der Waals surface area contributed by atoms with Crippen molar-refractivity contribution in [1.29, 1.82) is 0 Å². The standard InChI is InChI=1S/C28H28N2O8/c1-27(2,3)37-26(35)29-16-17(18-10-8-9-13-21(18)29)14-15-28(4,5)36-24(33)25(34)38-30-22(31)19-11-6-7-12-20(19)23(30)32/h6-13,16H,14-15H2,1-5H3. The molecule has 4 rings (SSSR count). The molecule has 2 aromatic carbocycles. The molecule has 1 aromatic heterocycles. The number of ether oxygens (including phenoxy) is 2. The summed E-state index contributed by atoms with van der Waals surface area (Å²) in [6.45, 7) is 8.59. The first kappa shape index (κ1) is 26.6. The fourth-order valence-corrected chi connectivity index (χ4v) is 4.06. The summed E-state index contributed by atoms with van der Waals surface area (Å²) in [6, 6.07) is 13.3. The Morgan fingerprint density at radius 2 is 1.37 bits per heavy atom. The number of aromatic nitrogens is 1. The van der Waals surface area contributed by atoms with E-state index in [1.807, 2.05) is 24.3 Å². The van der Waals surface area contributed by atoms with Crippen LogP contribution in [0.2, 0.25) is 0 Å². The van der Waals surface area contributed by atoms with Crippen molar-refractivity contribution in [2.24, 2.45) is 0 Å². The van der Waals surface area contributed by atoms with Crippen molar-refractivity contribution in [3.63, 3.8) is 0 Å². The number of rotatable bonds is 5. The second-order valence-corrected chi connectivity index (χ2v) is 10.5. The van der Waals surface area contributed by atoms with Crippen LogP contribution in [0.5, 0.6) is 0 Å². The number of fused-ring (bicyclic) bond motifs is 2. The van der Waals surface area contributed by atoms with Crippen LogP contribution in [0.15, 0.2) is 54.7 Å². The number of carbonyl (C=O) groups excluding carboxylic acids is 5. The number of esters is 1. The highest BCUT2D eigenvalue weighted by Gasteiger charge is 2.40. The Balaban J connectivity index is 1.41. The molecule has 0 bridgehead atoms. The largest absolute Gasteiger partial charge is 0.451 e. The Labute approximate surface area is 219 Å². The number of aryl methyl sites for hydroxylation is 1. The Morgan fingerprint density at radius 1 is 0.789 bits per heavy atom. The number of amides is 2. The Hall–Kier alpha value is -4.47. The van der Waals surface area contributed by atoms with Gasteiger partial charge in [0.2, 0.25) is 0 Å². The molecular formula is C28H28N2O8. The van der Waals surface area contributed by atoms with Crippen molar-refractivity contribution < 1.29 is 38.3 Å². The summed E-state index contributed by atoms with van der Waals surface area (Å²) in [5.74, 6) is -4.52. The summed E-state index contributed by atoms with van der Waals surface area (Å²) < 4.78 is 12.3. The van der Waals surface area contributed by atoms with Gasteiger partial charge < -0.3 is 14.3 Å². The van der Waals surface area contributed by atoms with Gasteiger partial charge in [-0.2, -0.15) is 0 Å². The van der Waals surface area contributed by atoms with Crippen molar-refractivity contribution in [3.8, 4) is 0 Å². The Kier molecular flexibility index (Phi) is 6.84. The van der Waals surface area contributed by atoms with Gasteiger partial charge in [-0.25, -0.2) is 14.4 Å². The topological polar surface area (TPSA) is 121 Å². The molecule has 10 heteroatoms. The average molecular weight is 521 g/mol. The fourth-order valence-electron chi connectivity index (χ4n) is 4.06. The van der Waals surface area contributed by atoms with Crippen molar-refractivity contribution in [2.45, 2.75) is 58.7 Å². The van der Waals surface area contributed by atoms with Gasteiger partial charge in [-0.3, -0.25) is 14.2 Å². The number of hydrogen-bond donors (Lipinski definition) is 0. The molecule has 10 nitrogen and oxygen atoms in total. The quantitative estimate of drug-likeness (QED) is 0.275. The second kappa shape index (κ2) is 9.77. The van der Waals surface area contributed by atoms with Crippen LogP contribution < -0.4 is 0 Å². The highest BCUT2D eigenvalue weighted by molar-refractivity contribution is 6.31. The third kappa shape index (κ3) is 5.44. The monoisotopic (exact) mass is 520 g/mol. The average Bonchev–Trinajstić information content (AvgIpc) is 3.33. The van der Waals surface area contributed by atoms with Crippen LogP contribution in [-0.2, 0) is 30.3 Å². The lowest BCUT2D eigenvalue weighted by Crippen LogP contribution is -2.39. The van der Waals surface area contributed by atoms with E-state index in [1.165, 1.54) is 16.7 Å². The van der Waals surface area contributed by atoms with Gasteiger partial charge in [0.05, 0.1) is 16.6 Å². The lowest BCUT2D eigenvalue weighted by molar-refractivity contribution is -0.189. The molecule has 0 unspecified atom stereocenters. The Bertz CT molecular complexity index is 1430. The maximum atomic E-state index is 12.7. The van der Waals surface area contributed by atoms with Gasteiger partial charge in [-0.05, 0) is 71.2 Å². The lowest BCUT2D eigenvalue weighted by Gasteiger charge is -2.24. The SMILES string of the molecule is CC(C)(C)OC(=O)n1cc(CCC(C)(C)OC(=O)C(=O)ON2C(=O)c3ccccc3C2=O)c2ccccc21. The van der Waals surface area contributed by atoms with Gasteiger partial charge in [0.1, 0.15) is 11.2 Å². The van der Waals surface area contributed by atoms with E-state index in [9.17, 15) is 24.0 Å². The van der Waals surface area contributed by atoms with Crippen LogP contribution >= 0.6 is 0 Å². The molecule has 0 radical (unpaired) electrons. The van der Waals surface area contributed by atoms with E-state index in [1.54, 1.807) is 52.9 Å².